The largest absolute Gasteiger partial charge is 0.326 e. The second-order valence-electron chi connectivity index (χ2n) is 12.3. The van der Waals surface area contributed by atoms with Crippen molar-refractivity contribution >= 4 is 37.8 Å². The molecule has 0 saturated heterocycles. The molecule has 0 spiro atoms. The molecule has 0 radical (unpaired) electrons. The lowest BCUT2D eigenvalue weighted by Gasteiger charge is -2.37. The third-order valence-electron chi connectivity index (χ3n) is 9.33. The fourth-order valence-corrected chi connectivity index (χ4v) is 9.03. The van der Waals surface area contributed by atoms with Crippen LogP contribution in [-0.4, -0.2) is 25.8 Å². The van der Waals surface area contributed by atoms with Gasteiger partial charge in [-0.2, -0.15) is 0 Å². The molecule has 0 aliphatic heterocycles. The minimum absolute atomic E-state index is 0.212. The van der Waals surface area contributed by atoms with E-state index in [0.29, 0.717) is 6.71 Å². The van der Waals surface area contributed by atoms with E-state index >= 15 is 0 Å². The normalized spacial score (nSPS) is 11.2. The van der Waals surface area contributed by atoms with E-state index in [0.717, 1.165) is 12.8 Å². The maximum Gasteiger partial charge on any atom is 0.241 e. The van der Waals surface area contributed by atoms with Crippen molar-refractivity contribution < 1.29 is 0 Å². The van der Waals surface area contributed by atoms with E-state index in [4.69, 9.17) is 0 Å². The summed E-state index contributed by atoms with van der Waals surface area (Å²) in [5.41, 5.74) is 9.42. The number of aryl methyl sites for hydroxylation is 2. The Bertz CT molecular complexity index is 1790. The first-order valence-electron chi connectivity index (χ1n) is 17.1. The maximum absolute atomic E-state index is 4.43. The van der Waals surface area contributed by atoms with E-state index in [1.54, 1.807) is 0 Å². The number of imidazole rings is 1. The van der Waals surface area contributed by atoms with Crippen LogP contribution in [0.3, 0.4) is 0 Å². The number of benzene rings is 6. The van der Waals surface area contributed by atoms with Crippen LogP contribution in [-0.2, 0) is 18.0 Å². The van der Waals surface area contributed by atoms with Gasteiger partial charge in [0.1, 0.15) is 0 Å². The van der Waals surface area contributed by atoms with Gasteiger partial charge >= 0.3 is 0 Å². The zero-order chi connectivity index (χ0) is 33.0. The van der Waals surface area contributed by atoms with Crippen molar-refractivity contribution in [1.29, 1.82) is 0 Å². The Balaban J connectivity index is 0.000000182. The lowest BCUT2D eigenvalue weighted by molar-refractivity contribution is 0.596. The Morgan fingerprint density at radius 3 is 1.27 bits per heavy atom. The fraction of sp³-hybridized carbons (Fsp3) is 0.114. The zero-order valence-corrected chi connectivity index (χ0v) is 29.4. The van der Waals surface area contributed by atoms with Gasteiger partial charge in [-0.15, -0.1) is 0 Å². The van der Waals surface area contributed by atoms with Crippen molar-refractivity contribution in [2.24, 2.45) is 0 Å². The lowest BCUT2D eigenvalue weighted by Crippen LogP contribution is -2.51. The molecule has 0 unspecified atom stereocenters. The van der Waals surface area contributed by atoms with Gasteiger partial charge in [0.15, 0.2) is 0 Å². The average molecular weight is 639 g/mol. The molecule has 0 bridgehead atoms. The monoisotopic (exact) mass is 638 g/mol. The first kappa shape index (κ1) is 32.7. The molecule has 1 heterocycles. The van der Waals surface area contributed by atoms with Crippen molar-refractivity contribution in [1.82, 2.24) is 9.55 Å². The third-order valence-corrected chi connectivity index (χ3v) is 11.9. The van der Waals surface area contributed by atoms with Gasteiger partial charge in [-0.1, -0.05) is 205 Å². The molecule has 236 valence electrons. The zero-order valence-electron chi connectivity index (χ0n) is 28.0. The van der Waals surface area contributed by atoms with E-state index in [1.165, 1.54) is 43.8 Å². The van der Waals surface area contributed by atoms with E-state index < -0.39 is 9.52 Å². The highest BCUT2D eigenvalue weighted by atomic mass is 28.2. The Labute approximate surface area is 289 Å². The predicted molar refractivity (Wildman–Crippen MR) is 209 cm³/mol. The van der Waals surface area contributed by atoms with Gasteiger partial charge in [0, 0.05) is 12.4 Å². The Morgan fingerprint density at radius 2 is 0.917 bits per heavy atom. The molecule has 0 fully saturated rings. The molecule has 0 atom stereocenters. The van der Waals surface area contributed by atoms with Crippen LogP contribution in [0.5, 0.6) is 0 Å². The Hall–Kier alpha value is -5.19. The van der Waals surface area contributed by atoms with Crippen LogP contribution in [0.25, 0.3) is 0 Å². The van der Waals surface area contributed by atoms with Crippen molar-refractivity contribution in [3.8, 4) is 0 Å². The van der Waals surface area contributed by atoms with E-state index in [1.807, 2.05) is 12.5 Å². The summed E-state index contributed by atoms with van der Waals surface area (Å²) in [7, 11) is -0.784. The summed E-state index contributed by atoms with van der Waals surface area (Å²) >= 11 is 0. The summed E-state index contributed by atoms with van der Waals surface area (Å²) in [5.74, 6) is 0. The van der Waals surface area contributed by atoms with E-state index in [-0.39, 0.29) is 5.16 Å². The van der Waals surface area contributed by atoms with Gasteiger partial charge in [-0.05, 0) is 35.1 Å². The Kier molecular flexibility index (Phi) is 11.0. The molecule has 0 saturated carbocycles. The molecule has 0 aliphatic rings. The first-order valence-corrected chi connectivity index (χ1v) is 18.5. The maximum atomic E-state index is 4.43. The van der Waals surface area contributed by atoms with Crippen LogP contribution in [0.4, 0.5) is 0 Å². The number of aromatic nitrogens is 2. The minimum Gasteiger partial charge on any atom is -0.326 e. The summed E-state index contributed by atoms with van der Waals surface area (Å²) < 4.78 is 2.33. The quantitative estimate of drug-likeness (QED) is 0.158. The van der Waals surface area contributed by atoms with Gasteiger partial charge in [-0.25, -0.2) is 4.98 Å². The second-order valence-corrected chi connectivity index (χ2v) is 14.5. The summed E-state index contributed by atoms with van der Waals surface area (Å²) in [6, 6.07) is 61.4. The van der Waals surface area contributed by atoms with Crippen LogP contribution < -0.4 is 21.6 Å². The number of nitrogens with zero attached hydrogens (tertiary/aromatic N) is 2. The topological polar surface area (TPSA) is 17.8 Å². The summed E-state index contributed by atoms with van der Waals surface area (Å²) in [6.07, 6.45) is 8.11. The molecule has 7 aromatic rings. The highest BCUT2D eigenvalue weighted by Crippen LogP contribution is 2.34. The molecule has 0 N–H and O–H groups in total. The van der Waals surface area contributed by atoms with E-state index in [2.05, 4.69) is 199 Å². The van der Waals surface area contributed by atoms with Gasteiger partial charge in [0.2, 0.25) is 6.71 Å². The molecule has 4 heteroatoms. The Morgan fingerprint density at radius 1 is 0.521 bits per heavy atom. The lowest BCUT2D eigenvalue weighted by atomic mass is 9.37. The van der Waals surface area contributed by atoms with Crippen molar-refractivity contribution in [2.45, 2.75) is 31.9 Å². The fourth-order valence-electron chi connectivity index (χ4n) is 6.68. The molecule has 1 aromatic heterocycles. The molecular formula is C44H43BN2Si. The van der Waals surface area contributed by atoms with Crippen LogP contribution in [0.2, 0.25) is 0 Å². The van der Waals surface area contributed by atoms with Crippen molar-refractivity contribution in [3.63, 3.8) is 0 Å². The standard InChI is InChI=1S/C26H28N2Si.C18H15B/c1-3-21-10-14-23(15-11-21)26(28-19-18-27-20-28,29-25-8-6-5-7-9-25)24-16-12-22(4-2)13-17-24;1-4-10-16(11-5-1)19(17-12-6-2-7-13-17)18-14-8-3-9-15-18/h5-20H,3-4,29H2,1-2H3;1-15H. The summed E-state index contributed by atoms with van der Waals surface area (Å²) in [4.78, 5) is 4.43. The average Bonchev–Trinajstić information content (AvgIpc) is 3.72. The van der Waals surface area contributed by atoms with Crippen LogP contribution in [0, 0.1) is 0 Å². The summed E-state index contributed by atoms with van der Waals surface area (Å²) in [5, 5.41) is 1.23. The number of rotatable bonds is 10. The molecule has 0 aliphatic carbocycles. The summed E-state index contributed by atoms with van der Waals surface area (Å²) in [6.45, 7) is 4.73. The number of hydrogen-bond acceptors (Lipinski definition) is 1. The van der Waals surface area contributed by atoms with Crippen LogP contribution in [0.15, 0.2) is 189 Å². The molecule has 0 amide bonds. The molecule has 48 heavy (non-hydrogen) atoms. The van der Waals surface area contributed by atoms with Crippen molar-refractivity contribution in [2.75, 3.05) is 0 Å². The van der Waals surface area contributed by atoms with E-state index in [9.17, 15) is 0 Å². The SMILES string of the molecule is CCc1ccc(C([SiH2]c2ccccc2)(c2ccc(CC)cc2)n2ccnc2)cc1.c1ccc(B(c2ccccc2)c2ccccc2)cc1. The molecular weight excluding hydrogens is 595 g/mol. The van der Waals surface area contributed by atoms with Gasteiger partial charge in [0.05, 0.1) is 21.0 Å². The van der Waals surface area contributed by atoms with Gasteiger partial charge in [-0.3, -0.25) is 0 Å². The van der Waals surface area contributed by atoms with Crippen LogP contribution in [0.1, 0.15) is 36.1 Å². The highest BCUT2D eigenvalue weighted by Gasteiger charge is 2.36. The number of hydrogen-bond donors (Lipinski definition) is 0. The molecule has 2 nitrogen and oxygen atoms in total. The smallest absolute Gasteiger partial charge is 0.241 e. The van der Waals surface area contributed by atoms with Crippen molar-refractivity contribution in [3.05, 3.63) is 211 Å². The second kappa shape index (κ2) is 16.1. The first-order chi connectivity index (χ1) is 23.7. The predicted octanol–water partition coefficient (Wildman–Crippen LogP) is 6.45. The van der Waals surface area contributed by atoms with Gasteiger partial charge < -0.3 is 4.57 Å². The minimum atomic E-state index is -0.784. The third kappa shape index (κ3) is 7.51. The van der Waals surface area contributed by atoms with Gasteiger partial charge in [0.25, 0.3) is 0 Å². The molecule has 6 aromatic carbocycles. The highest BCUT2D eigenvalue weighted by molar-refractivity contribution is 6.95. The molecule has 7 rings (SSSR count). The van der Waals surface area contributed by atoms with Crippen LogP contribution >= 0.6 is 0 Å².